The highest BCUT2D eigenvalue weighted by atomic mass is 16.3. The lowest BCUT2D eigenvalue weighted by atomic mass is 10.1. The molecule has 0 aromatic heterocycles. The van der Waals surface area contributed by atoms with E-state index < -0.39 is 6.10 Å². The van der Waals surface area contributed by atoms with Crippen LogP contribution < -0.4 is 10.6 Å². The van der Waals surface area contributed by atoms with Crippen LogP contribution in [-0.4, -0.2) is 23.5 Å². The van der Waals surface area contributed by atoms with Crippen molar-refractivity contribution < 1.29 is 14.7 Å². The van der Waals surface area contributed by atoms with Gasteiger partial charge in [-0.2, -0.15) is 0 Å². The molecule has 1 unspecified atom stereocenters. The number of hydrogen-bond donors (Lipinski definition) is 3. The van der Waals surface area contributed by atoms with Gasteiger partial charge < -0.3 is 15.7 Å². The van der Waals surface area contributed by atoms with Gasteiger partial charge in [-0.3, -0.25) is 9.59 Å². The first-order valence-electron chi connectivity index (χ1n) is 8.41. The third-order valence-corrected chi connectivity index (χ3v) is 4.07. The van der Waals surface area contributed by atoms with E-state index in [0.29, 0.717) is 11.3 Å². The summed E-state index contributed by atoms with van der Waals surface area (Å²) in [5.74, 6) is -0.696. The zero-order valence-corrected chi connectivity index (χ0v) is 14.2. The molecule has 5 heteroatoms. The maximum absolute atomic E-state index is 12.1. The Hall–Kier alpha value is -3.18. The zero-order valence-electron chi connectivity index (χ0n) is 14.2. The number of nitrogens with one attached hydrogen (secondary N) is 2. The van der Waals surface area contributed by atoms with Crippen molar-refractivity contribution in [1.82, 2.24) is 5.32 Å². The van der Waals surface area contributed by atoms with Crippen molar-refractivity contribution in [2.75, 3.05) is 11.9 Å². The molecule has 0 fully saturated rings. The Labute approximate surface area is 151 Å². The maximum atomic E-state index is 12.1. The number of aliphatic hydroxyl groups excluding tert-OH is 1. The lowest BCUT2D eigenvalue weighted by Gasteiger charge is -2.12. The molecule has 0 saturated heterocycles. The van der Waals surface area contributed by atoms with E-state index in [9.17, 15) is 14.7 Å². The molecule has 5 nitrogen and oxygen atoms in total. The summed E-state index contributed by atoms with van der Waals surface area (Å²) in [6.07, 6.45) is -0.983. The molecular weight excluding hydrogens is 328 g/mol. The highest BCUT2D eigenvalue weighted by Gasteiger charge is 2.14. The SMILES string of the molecule is O=C(CC(O)c1ccccc1)NCC(=O)Nc1cccc2ccccc12. The second-order valence-corrected chi connectivity index (χ2v) is 5.98. The molecule has 132 valence electrons. The van der Waals surface area contributed by atoms with Crippen LogP contribution >= 0.6 is 0 Å². The van der Waals surface area contributed by atoms with Crippen LogP contribution in [0.3, 0.4) is 0 Å². The number of anilines is 1. The standard InChI is InChI=1S/C21H20N2O3/c24-19(16-8-2-1-3-9-16)13-20(25)22-14-21(26)23-18-12-6-10-15-7-4-5-11-17(15)18/h1-12,19,24H,13-14H2,(H,22,25)(H,23,26). The van der Waals surface area contributed by atoms with Crippen molar-refractivity contribution in [1.29, 1.82) is 0 Å². The first kappa shape index (κ1) is 17.6. The van der Waals surface area contributed by atoms with Crippen molar-refractivity contribution in [2.45, 2.75) is 12.5 Å². The van der Waals surface area contributed by atoms with Crippen molar-refractivity contribution >= 4 is 28.3 Å². The normalized spacial score (nSPS) is 11.7. The first-order valence-corrected chi connectivity index (χ1v) is 8.41. The molecule has 3 N–H and O–H groups in total. The molecule has 0 aliphatic rings. The minimum Gasteiger partial charge on any atom is -0.388 e. The molecule has 0 bridgehead atoms. The highest BCUT2D eigenvalue weighted by molar-refractivity contribution is 6.03. The van der Waals surface area contributed by atoms with Crippen molar-refractivity contribution in [2.24, 2.45) is 0 Å². The molecule has 1 atom stereocenters. The summed E-state index contributed by atoms with van der Waals surface area (Å²) >= 11 is 0. The lowest BCUT2D eigenvalue weighted by molar-refractivity contribution is -0.125. The Morgan fingerprint density at radius 2 is 1.54 bits per heavy atom. The summed E-state index contributed by atoms with van der Waals surface area (Å²) < 4.78 is 0. The number of fused-ring (bicyclic) bond motifs is 1. The van der Waals surface area contributed by atoms with Gasteiger partial charge in [0.1, 0.15) is 0 Å². The molecule has 2 amide bonds. The predicted molar refractivity (Wildman–Crippen MR) is 102 cm³/mol. The Morgan fingerprint density at radius 1 is 0.846 bits per heavy atom. The van der Waals surface area contributed by atoms with Gasteiger partial charge in [-0.25, -0.2) is 0 Å². The van der Waals surface area contributed by atoms with Crippen molar-refractivity contribution in [3.8, 4) is 0 Å². The van der Waals surface area contributed by atoms with Gasteiger partial charge in [0.2, 0.25) is 11.8 Å². The van der Waals surface area contributed by atoms with Gasteiger partial charge >= 0.3 is 0 Å². The number of hydrogen-bond acceptors (Lipinski definition) is 3. The van der Waals surface area contributed by atoms with E-state index in [1.165, 1.54) is 0 Å². The average molecular weight is 348 g/mol. The largest absolute Gasteiger partial charge is 0.388 e. The third-order valence-electron chi connectivity index (χ3n) is 4.07. The maximum Gasteiger partial charge on any atom is 0.243 e. The zero-order chi connectivity index (χ0) is 18.4. The van der Waals surface area contributed by atoms with E-state index in [4.69, 9.17) is 0 Å². The molecule has 3 aromatic rings. The van der Waals surface area contributed by atoms with Gasteiger partial charge in [0.05, 0.1) is 19.1 Å². The quantitative estimate of drug-likeness (QED) is 0.641. The highest BCUT2D eigenvalue weighted by Crippen LogP contribution is 2.22. The fourth-order valence-corrected chi connectivity index (χ4v) is 2.75. The fourth-order valence-electron chi connectivity index (χ4n) is 2.75. The lowest BCUT2D eigenvalue weighted by Crippen LogP contribution is -2.33. The summed E-state index contributed by atoms with van der Waals surface area (Å²) in [6.45, 7) is -0.149. The molecule has 0 heterocycles. The van der Waals surface area contributed by atoms with E-state index in [0.717, 1.165) is 10.8 Å². The summed E-state index contributed by atoms with van der Waals surface area (Å²) in [7, 11) is 0. The Kier molecular flexibility index (Phi) is 5.61. The van der Waals surface area contributed by atoms with Crippen LogP contribution in [0.5, 0.6) is 0 Å². The van der Waals surface area contributed by atoms with Crippen LogP contribution in [-0.2, 0) is 9.59 Å². The van der Waals surface area contributed by atoms with Crippen molar-refractivity contribution in [3.63, 3.8) is 0 Å². The van der Waals surface area contributed by atoms with E-state index >= 15 is 0 Å². The molecule has 26 heavy (non-hydrogen) atoms. The minimum absolute atomic E-state index is 0.0917. The second kappa shape index (κ2) is 8.27. The molecule has 3 rings (SSSR count). The first-order chi connectivity index (χ1) is 12.6. The minimum atomic E-state index is -0.891. The van der Waals surface area contributed by atoms with Crippen molar-refractivity contribution in [3.05, 3.63) is 78.4 Å². The summed E-state index contributed by atoms with van der Waals surface area (Å²) in [5, 5.41) is 17.4. The van der Waals surface area contributed by atoms with Gasteiger partial charge in [-0.1, -0.05) is 66.7 Å². The van der Waals surface area contributed by atoms with E-state index in [2.05, 4.69) is 10.6 Å². The topological polar surface area (TPSA) is 78.4 Å². The number of carbonyl (C=O) groups is 2. The monoisotopic (exact) mass is 348 g/mol. The van der Waals surface area contributed by atoms with E-state index in [1.807, 2.05) is 48.5 Å². The van der Waals surface area contributed by atoms with Gasteiger partial charge in [-0.15, -0.1) is 0 Å². The van der Waals surface area contributed by atoms with Gasteiger partial charge in [0, 0.05) is 11.1 Å². The Bertz CT molecular complexity index is 904. The number of amides is 2. The summed E-state index contributed by atoms with van der Waals surface area (Å²) in [6, 6.07) is 22.4. The fraction of sp³-hybridized carbons (Fsp3) is 0.143. The van der Waals surface area contributed by atoms with Gasteiger partial charge in [0.15, 0.2) is 0 Å². The Morgan fingerprint density at radius 3 is 2.35 bits per heavy atom. The Balaban J connectivity index is 1.53. The molecule has 0 saturated carbocycles. The summed E-state index contributed by atoms with van der Waals surface area (Å²) in [5.41, 5.74) is 1.37. The molecular formula is C21H20N2O3. The van der Waals surface area contributed by atoms with Crippen LogP contribution in [0.25, 0.3) is 10.8 Å². The van der Waals surface area contributed by atoms with Crippen LogP contribution in [0, 0.1) is 0 Å². The van der Waals surface area contributed by atoms with E-state index in [1.54, 1.807) is 24.3 Å². The molecule has 0 aliphatic heterocycles. The smallest absolute Gasteiger partial charge is 0.243 e. The van der Waals surface area contributed by atoms with Crippen LogP contribution in [0.2, 0.25) is 0 Å². The number of rotatable bonds is 6. The number of carbonyl (C=O) groups excluding carboxylic acids is 2. The number of benzene rings is 3. The number of aliphatic hydroxyl groups is 1. The summed E-state index contributed by atoms with van der Waals surface area (Å²) in [4.78, 5) is 24.1. The van der Waals surface area contributed by atoms with Gasteiger partial charge in [-0.05, 0) is 17.0 Å². The van der Waals surface area contributed by atoms with Crippen LogP contribution in [0.15, 0.2) is 72.8 Å². The molecule has 3 aromatic carbocycles. The molecule has 0 radical (unpaired) electrons. The van der Waals surface area contributed by atoms with E-state index in [-0.39, 0.29) is 24.8 Å². The predicted octanol–water partition coefficient (Wildman–Crippen LogP) is 3.02. The van der Waals surface area contributed by atoms with Crippen LogP contribution in [0.1, 0.15) is 18.1 Å². The molecule has 0 spiro atoms. The average Bonchev–Trinajstić information content (AvgIpc) is 2.67. The third kappa shape index (κ3) is 4.46. The second-order valence-electron chi connectivity index (χ2n) is 5.98. The van der Waals surface area contributed by atoms with Gasteiger partial charge in [0.25, 0.3) is 0 Å². The molecule has 0 aliphatic carbocycles. The van der Waals surface area contributed by atoms with Crippen LogP contribution in [0.4, 0.5) is 5.69 Å².